The summed E-state index contributed by atoms with van der Waals surface area (Å²) in [5, 5.41) is 0.311. The van der Waals surface area contributed by atoms with Gasteiger partial charge in [-0.1, -0.05) is 0 Å². The number of imidazole rings is 1. The van der Waals surface area contributed by atoms with E-state index in [-0.39, 0.29) is 11.9 Å². The topological polar surface area (TPSA) is 17.8 Å². The van der Waals surface area contributed by atoms with E-state index >= 15 is 0 Å². The van der Waals surface area contributed by atoms with Crippen LogP contribution in [0.4, 0.5) is 4.39 Å². The van der Waals surface area contributed by atoms with E-state index < -0.39 is 0 Å². The minimum Gasteiger partial charge on any atom is -0.310 e. The van der Waals surface area contributed by atoms with Gasteiger partial charge in [-0.2, -0.15) is 0 Å². The Balaban J connectivity index is 2.92. The van der Waals surface area contributed by atoms with Gasteiger partial charge in [0.1, 0.15) is 16.9 Å². The van der Waals surface area contributed by atoms with Crippen LogP contribution in [0.2, 0.25) is 5.28 Å². The fourth-order valence-corrected chi connectivity index (χ4v) is 2.35. The van der Waals surface area contributed by atoms with Crippen molar-refractivity contribution >= 4 is 38.6 Å². The van der Waals surface area contributed by atoms with Gasteiger partial charge < -0.3 is 4.57 Å². The van der Waals surface area contributed by atoms with Crippen LogP contribution in [0.5, 0.6) is 0 Å². The summed E-state index contributed by atoms with van der Waals surface area (Å²) >= 11 is 9.30. The summed E-state index contributed by atoms with van der Waals surface area (Å²) in [4.78, 5) is 4.14. The molecule has 0 aliphatic rings. The lowest BCUT2D eigenvalue weighted by Crippen LogP contribution is -2.01. The van der Waals surface area contributed by atoms with Gasteiger partial charge in [-0.05, 0) is 53.5 Å². The molecular weight excluding hydrogens is 282 g/mol. The van der Waals surface area contributed by atoms with Crippen LogP contribution < -0.4 is 0 Å². The highest BCUT2D eigenvalue weighted by atomic mass is 79.9. The molecule has 2 rings (SSSR count). The lowest BCUT2D eigenvalue weighted by Gasteiger charge is -2.09. The van der Waals surface area contributed by atoms with Crippen molar-refractivity contribution in [3.63, 3.8) is 0 Å². The highest BCUT2D eigenvalue weighted by molar-refractivity contribution is 9.10. The quantitative estimate of drug-likeness (QED) is 0.771. The minimum atomic E-state index is -0.304. The number of rotatable bonds is 1. The Kier molecular flexibility index (Phi) is 2.73. The van der Waals surface area contributed by atoms with Crippen LogP contribution in [0.15, 0.2) is 16.6 Å². The molecule has 0 aliphatic carbocycles. The predicted octanol–water partition coefficient (Wildman–Crippen LogP) is 4.17. The van der Waals surface area contributed by atoms with Crippen LogP contribution in [-0.2, 0) is 0 Å². The first-order chi connectivity index (χ1) is 7.02. The zero-order chi connectivity index (χ0) is 11.2. The molecule has 0 aliphatic heterocycles. The van der Waals surface area contributed by atoms with E-state index in [4.69, 9.17) is 11.6 Å². The third-order valence-corrected chi connectivity index (χ3v) is 3.12. The second kappa shape index (κ2) is 3.76. The Bertz CT molecular complexity index is 522. The highest BCUT2D eigenvalue weighted by Gasteiger charge is 2.16. The van der Waals surface area contributed by atoms with Gasteiger partial charge in [-0.15, -0.1) is 0 Å². The summed E-state index contributed by atoms with van der Waals surface area (Å²) in [6.07, 6.45) is 0. The SMILES string of the molecule is CC(C)n1c(Cl)nc2c(Br)ccc(F)c21. The van der Waals surface area contributed by atoms with Gasteiger partial charge in [0.25, 0.3) is 0 Å². The summed E-state index contributed by atoms with van der Waals surface area (Å²) in [6.45, 7) is 3.88. The average molecular weight is 292 g/mol. The van der Waals surface area contributed by atoms with Crippen molar-refractivity contribution in [1.29, 1.82) is 0 Å². The Labute approximate surface area is 100 Å². The van der Waals surface area contributed by atoms with E-state index in [2.05, 4.69) is 20.9 Å². The van der Waals surface area contributed by atoms with E-state index in [1.165, 1.54) is 6.07 Å². The lowest BCUT2D eigenvalue weighted by molar-refractivity contribution is 0.586. The molecule has 1 heterocycles. The van der Waals surface area contributed by atoms with Crippen LogP contribution in [0, 0.1) is 5.82 Å². The van der Waals surface area contributed by atoms with Gasteiger partial charge in [0.2, 0.25) is 5.28 Å². The molecule has 2 nitrogen and oxygen atoms in total. The first-order valence-electron chi connectivity index (χ1n) is 4.53. The Morgan fingerprint density at radius 1 is 1.47 bits per heavy atom. The number of fused-ring (bicyclic) bond motifs is 1. The minimum absolute atomic E-state index is 0.0753. The normalized spacial score (nSPS) is 11.6. The van der Waals surface area contributed by atoms with Crippen molar-refractivity contribution < 1.29 is 4.39 Å². The number of hydrogen-bond acceptors (Lipinski definition) is 1. The molecule has 0 bridgehead atoms. The average Bonchev–Trinajstić information content (AvgIpc) is 2.50. The fourth-order valence-electron chi connectivity index (χ4n) is 1.58. The molecule has 0 saturated heterocycles. The predicted molar refractivity (Wildman–Crippen MR) is 62.8 cm³/mol. The van der Waals surface area contributed by atoms with Gasteiger partial charge in [-0.3, -0.25) is 0 Å². The van der Waals surface area contributed by atoms with E-state index in [9.17, 15) is 4.39 Å². The number of aromatic nitrogens is 2. The van der Waals surface area contributed by atoms with Gasteiger partial charge in [0.15, 0.2) is 0 Å². The first kappa shape index (κ1) is 10.9. The number of halogens is 3. The molecule has 0 amide bonds. The molecule has 0 atom stereocenters. The van der Waals surface area contributed by atoms with Gasteiger partial charge in [-0.25, -0.2) is 9.37 Å². The zero-order valence-electron chi connectivity index (χ0n) is 8.26. The largest absolute Gasteiger partial charge is 0.310 e. The summed E-state index contributed by atoms with van der Waals surface area (Å²) in [5.74, 6) is -0.304. The zero-order valence-corrected chi connectivity index (χ0v) is 10.6. The third-order valence-electron chi connectivity index (χ3n) is 2.21. The van der Waals surface area contributed by atoms with Gasteiger partial charge in [0, 0.05) is 10.5 Å². The van der Waals surface area contributed by atoms with E-state index in [0.717, 1.165) is 4.47 Å². The monoisotopic (exact) mass is 290 g/mol. The molecule has 0 unspecified atom stereocenters. The molecule has 0 fully saturated rings. The molecule has 0 radical (unpaired) electrons. The van der Waals surface area contributed by atoms with Crippen molar-refractivity contribution in [3.8, 4) is 0 Å². The van der Waals surface area contributed by atoms with E-state index in [1.54, 1.807) is 10.6 Å². The van der Waals surface area contributed by atoms with E-state index in [1.807, 2.05) is 13.8 Å². The molecule has 0 saturated carbocycles. The standard InChI is InChI=1S/C10H9BrClFN2/c1-5(2)15-9-7(13)4-3-6(11)8(9)14-10(15)12/h3-5H,1-2H3. The Morgan fingerprint density at radius 3 is 2.73 bits per heavy atom. The lowest BCUT2D eigenvalue weighted by atomic mass is 10.3. The molecule has 5 heteroatoms. The summed E-state index contributed by atoms with van der Waals surface area (Å²) in [6, 6.07) is 3.11. The second-order valence-electron chi connectivity index (χ2n) is 3.57. The second-order valence-corrected chi connectivity index (χ2v) is 4.76. The number of nitrogens with zero attached hydrogens (tertiary/aromatic N) is 2. The number of hydrogen-bond donors (Lipinski definition) is 0. The van der Waals surface area contributed by atoms with Crippen LogP contribution >= 0.6 is 27.5 Å². The van der Waals surface area contributed by atoms with Crippen molar-refractivity contribution in [3.05, 3.63) is 27.7 Å². The summed E-state index contributed by atoms with van der Waals surface area (Å²) < 4.78 is 16.1. The molecule has 15 heavy (non-hydrogen) atoms. The van der Waals surface area contributed by atoms with Crippen LogP contribution in [-0.4, -0.2) is 9.55 Å². The van der Waals surface area contributed by atoms with Crippen LogP contribution in [0.3, 0.4) is 0 Å². The molecule has 1 aromatic carbocycles. The van der Waals surface area contributed by atoms with Crippen LogP contribution in [0.25, 0.3) is 11.0 Å². The summed E-state index contributed by atoms with van der Waals surface area (Å²) in [5.41, 5.74) is 1.01. The molecule has 80 valence electrons. The van der Waals surface area contributed by atoms with Crippen LogP contribution in [0.1, 0.15) is 19.9 Å². The van der Waals surface area contributed by atoms with Gasteiger partial charge >= 0.3 is 0 Å². The van der Waals surface area contributed by atoms with E-state index in [0.29, 0.717) is 16.3 Å². The smallest absolute Gasteiger partial charge is 0.204 e. The highest BCUT2D eigenvalue weighted by Crippen LogP contribution is 2.30. The maximum Gasteiger partial charge on any atom is 0.204 e. The Morgan fingerprint density at radius 2 is 2.13 bits per heavy atom. The van der Waals surface area contributed by atoms with Crippen molar-refractivity contribution in [2.45, 2.75) is 19.9 Å². The van der Waals surface area contributed by atoms with Crippen molar-refractivity contribution in [2.75, 3.05) is 0 Å². The Hall–Kier alpha value is -0.610. The molecular formula is C10H9BrClFN2. The fraction of sp³-hybridized carbons (Fsp3) is 0.300. The molecule has 1 aromatic heterocycles. The maximum absolute atomic E-state index is 13.7. The van der Waals surface area contributed by atoms with Crippen molar-refractivity contribution in [1.82, 2.24) is 9.55 Å². The molecule has 0 N–H and O–H groups in total. The first-order valence-corrected chi connectivity index (χ1v) is 5.71. The maximum atomic E-state index is 13.7. The molecule has 2 aromatic rings. The van der Waals surface area contributed by atoms with Gasteiger partial charge in [0.05, 0.1) is 0 Å². The van der Waals surface area contributed by atoms with Crippen molar-refractivity contribution in [2.24, 2.45) is 0 Å². The molecule has 0 spiro atoms. The summed E-state index contributed by atoms with van der Waals surface area (Å²) in [7, 11) is 0. The number of benzene rings is 1. The third kappa shape index (κ3) is 1.66.